The van der Waals surface area contributed by atoms with E-state index in [0.717, 1.165) is 4.31 Å². The Morgan fingerprint density at radius 3 is 2.11 bits per heavy atom. The summed E-state index contributed by atoms with van der Waals surface area (Å²) in [6.45, 7) is -0.451. The lowest BCUT2D eigenvalue weighted by Crippen LogP contribution is -2.64. The number of nitrogens with one attached hydrogen (secondary N) is 1. The van der Waals surface area contributed by atoms with E-state index in [0.29, 0.717) is 29.4 Å². The Morgan fingerprint density at radius 1 is 1.06 bits per heavy atom. The van der Waals surface area contributed by atoms with E-state index < -0.39 is 40.4 Å². The fraction of sp³-hybridized carbons (Fsp3) is 0.391. The number of carboxylic acids is 1. The number of carbonyl (C=O) groups is 2. The van der Waals surface area contributed by atoms with Crippen LogP contribution in [0.1, 0.15) is 32.1 Å². The van der Waals surface area contributed by atoms with Crippen molar-refractivity contribution in [2.75, 3.05) is 6.54 Å². The first kappa shape index (κ1) is 25.4. The summed E-state index contributed by atoms with van der Waals surface area (Å²) < 4.78 is 40.0. The van der Waals surface area contributed by atoms with Crippen LogP contribution < -0.4 is 10.2 Å². The summed E-state index contributed by atoms with van der Waals surface area (Å²) in [5, 5.41) is 19.3. The minimum absolute atomic E-state index is 0.00645. The van der Waals surface area contributed by atoms with Crippen LogP contribution in [-0.4, -0.2) is 59.2 Å². The van der Waals surface area contributed by atoms with E-state index in [1.165, 1.54) is 24.3 Å². The third-order valence-corrected chi connectivity index (χ3v) is 8.55. The number of hydrogen-bond donors (Lipinski definition) is 3. The maximum absolute atomic E-state index is 13.8. The van der Waals surface area contributed by atoms with Gasteiger partial charge < -0.3 is 14.6 Å². The van der Waals surface area contributed by atoms with E-state index >= 15 is 0 Å². The van der Waals surface area contributed by atoms with Gasteiger partial charge in [0.2, 0.25) is 10.0 Å². The van der Waals surface area contributed by atoms with Crippen molar-refractivity contribution in [3.63, 3.8) is 0 Å². The summed E-state index contributed by atoms with van der Waals surface area (Å²) in [5.74, 6) is -1.25. The minimum atomic E-state index is -4.35. The number of amides is 1. The normalized spacial score (nSPS) is 23.7. The fourth-order valence-corrected chi connectivity index (χ4v) is 6.61. The van der Waals surface area contributed by atoms with Gasteiger partial charge in [0.15, 0.2) is 0 Å². The van der Waals surface area contributed by atoms with Gasteiger partial charge in [0.05, 0.1) is 23.5 Å². The van der Waals surface area contributed by atoms with Crippen molar-refractivity contribution in [2.24, 2.45) is 0 Å². The van der Waals surface area contributed by atoms with Crippen molar-refractivity contribution in [3.8, 4) is 11.5 Å². The van der Waals surface area contributed by atoms with Crippen LogP contribution in [0.2, 0.25) is 5.02 Å². The zero-order valence-corrected chi connectivity index (χ0v) is 20.2. The third-order valence-electron chi connectivity index (χ3n) is 6.32. The van der Waals surface area contributed by atoms with Crippen molar-refractivity contribution in [1.29, 1.82) is 0 Å². The molecule has 10 nitrogen and oxygen atoms in total. The first-order chi connectivity index (χ1) is 16.6. The van der Waals surface area contributed by atoms with Crippen molar-refractivity contribution in [1.82, 2.24) is 9.79 Å². The second kappa shape index (κ2) is 10.1. The van der Waals surface area contributed by atoms with Crippen LogP contribution in [0.3, 0.4) is 0 Å². The lowest BCUT2D eigenvalue weighted by molar-refractivity contribution is -0.151. The Balaban J connectivity index is 1.67. The highest BCUT2D eigenvalue weighted by atomic mass is 35.5. The maximum atomic E-state index is 13.8. The number of carbonyl (C=O) groups excluding carboxylic acids is 1. The molecule has 2 bridgehead atoms. The SMILES string of the molecule is O=C(O)CCN(C1(C(=O)NO)C[C@H]2CC[C@@H](C1)O2)S(=O)(=O)c1ccc(Oc2ccc(Cl)cc2)cc1. The Kier molecular flexibility index (Phi) is 7.34. The number of carboxylic acid groups (broad SMARTS) is 1. The van der Waals surface area contributed by atoms with E-state index in [-0.39, 0.29) is 29.9 Å². The minimum Gasteiger partial charge on any atom is -0.481 e. The van der Waals surface area contributed by atoms with Gasteiger partial charge in [-0.25, -0.2) is 13.9 Å². The highest BCUT2D eigenvalue weighted by Gasteiger charge is 2.56. The topological polar surface area (TPSA) is 142 Å². The van der Waals surface area contributed by atoms with Crippen LogP contribution in [0, 0.1) is 0 Å². The number of sulfonamides is 1. The standard InChI is InChI=1S/C23H25ClN2O8S/c24-15-1-3-16(4-2-15)33-17-7-9-20(10-8-17)35(31,32)26(12-11-21(27)28)23(22(29)25-30)13-18-5-6-19(14-23)34-18/h1-4,7-10,18-19,30H,5-6,11-14H2,(H,25,29)(H,27,28)/t18-,19+,23?. The van der Waals surface area contributed by atoms with Gasteiger partial charge in [0.25, 0.3) is 5.91 Å². The molecule has 0 saturated carbocycles. The highest BCUT2D eigenvalue weighted by molar-refractivity contribution is 7.89. The largest absolute Gasteiger partial charge is 0.481 e. The molecule has 1 amide bonds. The smallest absolute Gasteiger partial charge is 0.304 e. The van der Waals surface area contributed by atoms with Crippen molar-refractivity contribution in [2.45, 2.75) is 54.7 Å². The number of fused-ring (bicyclic) bond motifs is 2. The molecule has 0 aliphatic carbocycles. The van der Waals surface area contributed by atoms with E-state index in [1.807, 2.05) is 0 Å². The summed E-state index contributed by atoms with van der Waals surface area (Å²) in [5.41, 5.74) is -0.0899. The summed E-state index contributed by atoms with van der Waals surface area (Å²) in [6, 6.07) is 12.2. The predicted octanol–water partition coefficient (Wildman–Crippen LogP) is 3.18. The van der Waals surface area contributed by atoms with Gasteiger partial charge in [-0.1, -0.05) is 11.6 Å². The van der Waals surface area contributed by atoms with Crippen LogP contribution in [0.5, 0.6) is 11.5 Å². The quantitative estimate of drug-likeness (QED) is 0.335. The number of nitrogens with zero attached hydrogens (tertiary/aromatic N) is 1. The van der Waals surface area contributed by atoms with Crippen molar-refractivity contribution in [3.05, 3.63) is 53.6 Å². The zero-order valence-electron chi connectivity index (χ0n) is 18.6. The number of ether oxygens (including phenoxy) is 2. The molecule has 3 atom stereocenters. The van der Waals surface area contributed by atoms with Gasteiger partial charge >= 0.3 is 5.97 Å². The second-order valence-electron chi connectivity index (χ2n) is 8.59. The van der Waals surface area contributed by atoms with Gasteiger partial charge in [-0.3, -0.25) is 14.8 Å². The molecule has 2 aromatic rings. The molecule has 1 unspecified atom stereocenters. The molecular formula is C23H25ClN2O8S. The second-order valence-corrected chi connectivity index (χ2v) is 10.9. The van der Waals surface area contributed by atoms with E-state index in [9.17, 15) is 28.3 Å². The molecule has 2 fully saturated rings. The first-order valence-electron chi connectivity index (χ1n) is 11.0. The van der Waals surface area contributed by atoms with Gasteiger partial charge in [-0.05, 0) is 61.4 Å². The molecular weight excluding hydrogens is 500 g/mol. The number of aliphatic carboxylic acids is 1. The van der Waals surface area contributed by atoms with Gasteiger partial charge in [0, 0.05) is 24.4 Å². The van der Waals surface area contributed by atoms with Gasteiger partial charge in [-0.2, -0.15) is 4.31 Å². The summed E-state index contributed by atoms with van der Waals surface area (Å²) in [6.07, 6.45) is 0.0446. The molecule has 0 aromatic heterocycles. The lowest BCUT2D eigenvalue weighted by atomic mass is 9.85. The van der Waals surface area contributed by atoms with Crippen molar-refractivity contribution >= 4 is 33.5 Å². The molecule has 0 spiro atoms. The number of benzene rings is 2. The van der Waals surface area contributed by atoms with Crippen LogP contribution in [-0.2, 0) is 24.3 Å². The predicted molar refractivity (Wildman–Crippen MR) is 124 cm³/mol. The Morgan fingerprint density at radius 2 is 1.60 bits per heavy atom. The van der Waals surface area contributed by atoms with Crippen LogP contribution in [0.25, 0.3) is 0 Å². The van der Waals surface area contributed by atoms with E-state index in [1.54, 1.807) is 29.7 Å². The third kappa shape index (κ3) is 5.29. The summed E-state index contributed by atoms with van der Waals surface area (Å²) in [4.78, 5) is 24.2. The number of rotatable bonds is 9. The average Bonchev–Trinajstić information content (AvgIpc) is 3.18. The molecule has 2 aliphatic rings. The number of hydrogen-bond acceptors (Lipinski definition) is 7. The molecule has 35 heavy (non-hydrogen) atoms. The lowest BCUT2D eigenvalue weighted by Gasteiger charge is -2.45. The molecule has 3 N–H and O–H groups in total. The average molecular weight is 525 g/mol. The monoisotopic (exact) mass is 524 g/mol. The molecule has 12 heteroatoms. The maximum Gasteiger partial charge on any atom is 0.304 e. The van der Waals surface area contributed by atoms with Crippen LogP contribution in [0.15, 0.2) is 53.4 Å². The summed E-state index contributed by atoms with van der Waals surface area (Å²) in [7, 11) is -4.35. The van der Waals surface area contributed by atoms with Gasteiger partial charge in [-0.15, -0.1) is 0 Å². The summed E-state index contributed by atoms with van der Waals surface area (Å²) >= 11 is 5.87. The molecule has 2 heterocycles. The molecule has 188 valence electrons. The number of halogens is 1. The highest BCUT2D eigenvalue weighted by Crippen LogP contribution is 2.44. The van der Waals surface area contributed by atoms with E-state index in [2.05, 4.69) is 0 Å². The van der Waals surface area contributed by atoms with Crippen LogP contribution >= 0.6 is 11.6 Å². The fourth-order valence-electron chi connectivity index (χ4n) is 4.73. The van der Waals surface area contributed by atoms with Gasteiger partial charge in [0.1, 0.15) is 17.0 Å². The molecule has 2 aliphatic heterocycles. The molecule has 4 rings (SSSR count). The Hall–Kier alpha value is -2.70. The van der Waals surface area contributed by atoms with E-state index in [4.69, 9.17) is 21.1 Å². The Labute approximate surface area is 207 Å². The molecule has 2 aromatic carbocycles. The zero-order chi connectivity index (χ0) is 25.2. The van der Waals surface area contributed by atoms with Crippen LogP contribution in [0.4, 0.5) is 0 Å². The molecule has 0 radical (unpaired) electrons. The first-order valence-corrected chi connectivity index (χ1v) is 12.8. The Bertz CT molecular complexity index is 1180. The van der Waals surface area contributed by atoms with Crippen molar-refractivity contribution < 1.29 is 37.8 Å². The molecule has 2 saturated heterocycles. The number of hydroxylamine groups is 1.